The van der Waals surface area contributed by atoms with Crippen LogP contribution >= 0.6 is 54.0 Å². The lowest BCUT2D eigenvalue weighted by molar-refractivity contribution is 0.186. The topological polar surface area (TPSA) is 69.6 Å². The van der Waals surface area contributed by atoms with Gasteiger partial charge < -0.3 is 15.3 Å². The first kappa shape index (κ1) is 24.7. The van der Waals surface area contributed by atoms with Crippen LogP contribution in [-0.2, 0) is 4.57 Å². The summed E-state index contributed by atoms with van der Waals surface area (Å²) in [6.07, 6.45) is 5.14. The molecule has 1 fully saturated rings. The Labute approximate surface area is 181 Å². The van der Waals surface area contributed by atoms with Crippen molar-refractivity contribution in [3.05, 3.63) is 32.4 Å². The summed E-state index contributed by atoms with van der Waals surface area (Å²) in [5.74, 6) is 0.345. The van der Waals surface area contributed by atoms with Crippen molar-refractivity contribution in [3.63, 3.8) is 0 Å². The Morgan fingerprint density at radius 1 is 1.35 bits per heavy atom. The first-order valence-corrected chi connectivity index (χ1v) is 12.4. The molecule has 8 heteroatoms. The number of benzene rings is 1. The summed E-state index contributed by atoms with van der Waals surface area (Å²) in [5, 5.41) is 14.1. The van der Waals surface area contributed by atoms with Gasteiger partial charge in [-0.25, -0.2) is 0 Å². The Balaban J connectivity index is 0.00000338. The van der Waals surface area contributed by atoms with Crippen molar-refractivity contribution in [1.82, 2.24) is 5.32 Å². The van der Waals surface area contributed by atoms with Crippen LogP contribution in [0.5, 0.6) is 0 Å². The fourth-order valence-corrected chi connectivity index (χ4v) is 6.09. The second kappa shape index (κ2) is 11.6. The molecule has 0 aliphatic heterocycles. The van der Waals surface area contributed by atoms with Gasteiger partial charge in [-0.05, 0) is 66.0 Å². The van der Waals surface area contributed by atoms with Crippen LogP contribution in [0, 0.1) is 9.49 Å². The lowest BCUT2D eigenvalue weighted by Gasteiger charge is -2.25. The molecule has 0 bridgehead atoms. The number of aliphatic hydroxyl groups is 1. The molecule has 3 N–H and O–H groups in total. The number of rotatable bonds is 8. The van der Waals surface area contributed by atoms with Gasteiger partial charge >= 0.3 is 0 Å². The first-order chi connectivity index (χ1) is 11.8. The van der Waals surface area contributed by atoms with Crippen LogP contribution in [0.1, 0.15) is 50.6 Å². The molecule has 3 atom stereocenters. The molecular formula is C18H29Cl2INO3P. The number of hydrogen-bond acceptors (Lipinski definition) is 3. The Kier molecular flexibility index (Phi) is 11.0. The van der Waals surface area contributed by atoms with Gasteiger partial charge in [-0.15, -0.1) is 12.4 Å². The molecule has 1 aromatic carbocycles. The monoisotopic (exact) mass is 535 g/mol. The van der Waals surface area contributed by atoms with Crippen molar-refractivity contribution in [1.29, 1.82) is 0 Å². The second-order valence-electron chi connectivity index (χ2n) is 7.17. The fourth-order valence-electron chi connectivity index (χ4n) is 3.45. The first-order valence-electron chi connectivity index (χ1n) is 8.94. The van der Waals surface area contributed by atoms with Crippen LogP contribution in [-0.4, -0.2) is 35.0 Å². The van der Waals surface area contributed by atoms with Crippen molar-refractivity contribution in [3.8, 4) is 0 Å². The van der Waals surface area contributed by atoms with E-state index in [0.29, 0.717) is 23.6 Å². The maximum atomic E-state index is 12.4. The summed E-state index contributed by atoms with van der Waals surface area (Å²) in [6, 6.07) is 5.88. The van der Waals surface area contributed by atoms with Gasteiger partial charge in [-0.3, -0.25) is 4.57 Å². The molecule has 1 aliphatic carbocycles. The van der Waals surface area contributed by atoms with Crippen molar-refractivity contribution < 1.29 is 14.6 Å². The summed E-state index contributed by atoms with van der Waals surface area (Å²) in [6.45, 7) is 2.28. The van der Waals surface area contributed by atoms with E-state index in [1.807, 2.05) is 25.1 Å². The quantitative estimate of drug-likeness (QED) is 0.315. The minimum absolute atomic E-state index is 0. The fraction of sp³-hybridized carbons (Fsp3) is 0.667. The van der Waals surface area contributed by atoms with E-state index in [1.165, 1.54) is 6.42 Å². The SMILES string of the molecule is CC(NC[C@@H](O)CP(=O)(O)CC1CCCCC1)c1ccc(I)c(Cl)c1.Cl. The Bertz CT molecular complexity index is 614. The molecule has 0 radical (unpaired) electrons. The zero-order valence-electron chi connectivity index (χ0n) is 15.0. The summed E-state index contributed by atoms with van der Waals surface area (Å²) in [4.78, 5) is 10.2. The molecule has 4 nitrogen and oxygen atoms in total. The highest BCUT2D eigenvalue weighted by Crippen LogP contribution is 2.45. The molecule has 1 aliphatic rings. The highest BCUT2D eigenvalue weighted by atomic mass is 127. The highest BCUT2D eigenvalue weighted by molar-refractivity contribution is 14.1. The maximum absolute atomic E-state index is 12.4. The minimum atomic E-state index is -3.28. The Morgan fingerprint density at radius 2 is 2.00 bits per heavy atom. The Morgan fingerprint density at radius 3 is 2.62 bits per heavy atom. The van der Waals surface area contributed by atoms with E-state index < -0.39 is 13.5 Å². The summed E-state index contributed by atoms with van der Waals surface area (Å²) < 4.78 is 13.4. The largest absolute Gasteiger partial charge is 0.391 e. The van der Waals surface area contributed by atoms with Crippen molar-refractivity contribution in [2.45, 2.75) is 51.2 Å². The van der Waals surface area contributed by atoms with Gasteiger partial charge in [0.25, 0.3) is 0 Å². The normalized spacial score (nSPS) is 20.0. The van der Waals surface area contributed by atoms with Gasteiger partial charge in [0.05, 0.1) is 17.3 Å². The van der Waals surface area contributed by atoms with Gasteiger partial charge in [0.1, 0.15) is 0 Å². The number of hydrogen-bond donors (Lipinski definition) is 3. The number of halogens is 3. The van der Waals surface area contributed by atoms with Crippen LogP contribution in [0.2, 0.25) is 5.02 Å². The average molecular weight is 536 g/mol. The van der Waals surface area contributed by atoms with Crippen LogP contribution in [0.4, 0.5) is 0 Å². The van der Waals surface area contributed by atoms with E-state index in [9.17, 15) is 14.6 Å². The Hall–Kier alpha value is 0.640. The van der Waals surface area contributed by atoms with E-state index in [2.05, 4.69) is 27.9 Å². The molecule has 2 rings (SSSR count). The molecule has 0 aromatic heterocycles. The highest BCUT2D eigenvalue weighted by Gasteiger charge is 2.28. The summed E-state index contributed by atoms with van der Waals surface area (Å²) in [7, 11) is -3.28. The number of nitrogens with one attached hydrogen (secondary N) is 1. The van der Waals surface area contributed by atoms with E-state index in [0.717, 1.165) is 34.8 Å². The molecular weight excluding hydrogens is 507 g/mol. The zero-order chi connectivity index (χ0) is 18.4. The van der Waals surface area contributed by atoms with Crippen LogP contribution in [0.3, 0.4) is 0 Å². The molecule has 1 saturated carbocycles. The van der Waals surface area contributed by atoms with E-state index in [-0.39, 0.29) is 24.6 Å². The molecule has 2 unspecified atom stereocenters. The molecule has 0 amide bonds. The van der Waals surface area contributed by atoms with E-state index in [4.69, 9.17) is 11.6 Å². The van der Waals surface area contributed by atoms with Gasteiger partial charge in [-0.1, -0.05) is 36.9 Å². The molecule has 1 aromatic rings. The number of aliphatic hydroxyl groups excluding tert-OH is 1. The van der Waals surface area contributed by atoms with Crippen molar-refractivity contribution in [2.24, 2.45) is 5.92 Å². The third-order valence-corrected chi connectivity index (χ3v) is 8.52. The molecule has 26 heavy (non-hydrogen) atoms. The van der Waals surface area contributed by atoms with Gasteiger partial charge in [0.2, 0.25) is 7.37 Å². The second-order valence-corrected chi connectivity index (χ2v) is 11.2. The van der Waals surface area contributed by atoms with Crippen molar-refractivity contribution in [2.75, 3.05) is 18.9 Å². The smallest absolute Gasteiger partial charge is 0.203 e. The van der Waals surface area contributed by atoms with Crippen molar-refractivity contribution >= 4 is 54.0 Å². The third-order valence-electron chi connectivity index (χ3n) is 4.87. The lowest BCUT2D eigenvalue weighted by Crippen LogP contribution is -2.32. The van der Waals surface area contributed by atoms with E-state index in [1.54, 1.807) is 0 Å². The predicted octanol–water partition coefficient (Wildman–Crippen LogP) is 5.23. The molecule has 0 spiro atoms. The third kappa shape index (κ3) is 8.34. The average Bonchev–Trinajstić information content (AvgIpc) is 2.55. The lowest BCUT2D eigenvalue weighted by atomic mass is 9.91. The standard InChI is InChI=1S/C18H28ClINO3P.ClH/c1-13(15-7-8-18(20)17(19)9-15)21-10-16(22)12-25(23,24)11-14-5-3-2-4-6-14;/h7-9,13-14,16,21-22H,2-6,10-12H2,1H3,(H,23,24);1H/t13?,16-;/m1./s1. The molecule has 0 heterocycles. The molecule has 0 saturated heterocycles. The zero-order valence-corrected chi connectivity index (χ0v) is 19.7. The summed E-state index contributed by atoms with van der Waals surface area (Å²) >= 11 is 8.33. The van der Waals surface area contributed by atoms with Gasteiger partial charge in [0.15, 0.2) is 0 Å². The van der Waals surface area contributed by atoms with Crippen LogP contribution in [0.15, 0.2) is 18.2 Å². The predicted molar refractivity (Wildman–Crippen MR) is 120 cm³/mol. The van der Waals surface area contributed by atoms with Crippen LogP contribution < -0.4 is 5.32 Å². The maximum Gasteiger partial charge on any atom is 0.203 e. The molecule has 150 valence electrons. The van der Waals surface area contributed by atoms with E-state index >= 15 is 0 Å². The van der Waals surface area contributed by atoms with Gasteiger partial charge in [0, 0.05) is 22.3 Å². The summed E-state index contributed by atoms with van der Waals surface area (Å²) in [5.41, 5.74) is 1.03. The minimum Gasteiger partial charge on any atom is -0.391 e. The van der Waals surface area contributed by atoms with Gasteiger partial charge in [-0.2, -0.15) is 0 Å². The van der Waals surface area contributed by atoms with Crippen LogP contribution in [0.25, 0.3) is 0 Å².